The van der Waals surface area contributed by atoms with Crippen molar-refractivity contribution in [3.8, 4) is 5.75 Å². The molecule has 150 valence electrons. The van der Waals surface area contributed by atoms with Crippen LogP contribution in [-0.2, 0) is 13.1 Å². The van der Waals surface area contributed by atoms with E-state index in [4.69, 9.17) is 4.74 Å². The molecule has 0 aliphatic carbocycles. The average Bonchev–Trinajstić information content (AvgIpc) is 2.68. The van der Waals surface area contributed by atoms with Crippen LogP contribution < -0.4 is 4.74 Å². The lowest BCUT2D eigenvalue weighted by atomic mass is 9.92. The lowest BCUT2D eigenvalue weighted by Crippen LogP contribution is -2.69. The zero-order chi connectivity index (χ0) is 19.6. The second-order valence-electron chi connectivity index (χ2n) is 8.77. The molecule has 1 aromatic carbocycles. The van der Waals surface area contributed by atoms with Gasteiger partial charge in [0.05, 0.1) is 7.11 Å². The predicted octanol–water partition coefficient (Wildman–Crippen LogP) is 2.87. The average molecular weight is 381 g/mol. The minimum absolute atomic E-state index is 0.204. The van der Waals surface area contributed by atoms with E-state index in [-0.39, 0.29) is 5.54 Å². The predicted molar refractivity (Wildman–Crippen MR) is 112 cm³/mol. The molecule has 0 saturated carbocycles. The summed E-state index contributed by atoms with van der Waals surface area (Å²) in [6, 6.07) is 13.3. The van der Waals surface area contributed by atoms with Gasteiger partial charge in [-0.3, -0.25) is 19.7 Å². The summed E-state index contributed by atoms with van der Waals surface area (Å²) in [6.45, 7) is 12.4. The van der Waals surface area contributed by atoms with Gasteiger partial charge in [-0.1, -0.05) is 18.2 Å². The first kappa shape index (κ1) is 19.4. The topological polar surface area (TPSA) is 31.8 Å². The number of rotatable bonds is 5. The molecule has 28 heavy (non-hydrogen) atoms. The van der Waals surface area contributed by atoms with Crippen LogP contribution in [0.2, 0.25) is 0 Å². The highest BCUT2D eigenvalue weighted by molar-refractivity contribution is 5.27. The number of piperazine rings is 2. The molecule has 5 nitrogen and oxygen atoms in total. The van der Waals surface area contributed by atoms with Crippen LogP contribution in [0.15, 0.2) is 48.8 Å². The molecule has 0 N–H and O–H groups in total. The monoisotopic (exact) mass is 380 g/mol. The third-order valence-electron chi connectivity index (χ3n) is 6.12. The molecule has 4 rings (SSSR count). The van der Waals surface area contributed by atoms with Gasteiger partial charge in [-0.25, -0.2) is 0 Å². The number of fused-ring (bicyclic) bond motifs is 1. The molecular formula is C23H32N4O. The van der Waals surface area contributed by atoms with E-state index < -0.39 is 0 Å². The Morgan fingerprint density at radius 2 is 1.75 bits per heavy atom. The van der Waals surface area contributed by atoms with Crippen molar-refractivity contribution in [3.63, 3.8) is 0 Å². The summed E-state index contributed by atoms with van der Waals surface area (Å²) in [5.74, 6) is 0.923. The van der Waals surface area contributed by atoms with Crippen molar-refractivity contribution in [3.05, 3.63) is 59.9 Å². The molecule has 2 saturated heterocycles. The highest BCUT2D eigenvalue weighted by Crippen LogP contribution is 2.29. The molecule has 1 atom stereocenters. The lowest BCUT2D eigenvalue weighted by molar-refractivity contribution is -0.0684. The fourth-order valence-corrected chi connectivity index (χ4v) is 4.88. The van der Waals surface area contributed by atoms with Gasteiger partial charge in [-0.15, -0.1) is 0 Å². The van der Waals surface area contributed by atoms with Crippen LogP contribution in [0.5, 0.6) is 5.75 Å². The van der Waals surface area contributed by atoms with Crippen LogP contribution in [0, 0.1) is 0 Å². The van der Waals surface area contributed by atoms with E-state index in [2.05, 4.69) is 63.9 Å². The number of ether oxygens (including phenoxy) is 1. The lowest BCUT2D eigenvalue weighted by Gasteiger charge is -2.55. The highest BCUT2D eigenvalue weighted by Gasteiger charge is 2.42. The fraction of sp³-hybridized carbons (Fsp3) is 0.522. The number of hydrogen-bond donors (Lipinski definition) is 0. The molecular weight excluding hydrogens is 348 g/mol. The molecule has 1 aromatic heterocycles. The summed E-state index contributed by atoms with van der Waals surface area (Å²) in [6.07, 6.45) is 3.84. The Bertz CT molecular complexity index is 762. The summed E-state index contributed by atoms with van der Waals surface area (Å²) in [5.41, 5.74) is 2.87. The van der Waals surface area contributed by atoms with Gasteiger partial charge in [0.1, 0.15) is 5.75 Å². The smallest absolute Gasteiger partial charge is 0.118 e. The molecule has 5 heteroatoms. The highest BCUT2D eigenvalue weighted by atomic mass is 16.5. The van der Waals surface area contributed by atoms with Gasteiger partial charge in [0, 0.05) is 69.8 Å². The van der Waals surface area contributed by atoms with Crippen LogP contribution in [0.25, 0.3) is 0 Å². The van der Waals surface area contributed by atoms with Crippen LogP contribution in [0.3, 0.4) is 0 Å². The Morgan fingerprint density at radius 1 is 1.00 bits per heavy atom. The molecule has 2 fully saturated rings. The van der Waals surface area contributed by atoms with E-state index in [1.165, 1.54) is 11.1 Å². The minimum Gasteiger partial charge on any atom is -0.497 e. The summed E-state index contributed by atoms with van der Waals surface area (Å²) >= 11 is 0. The Hall–Kier alpha value is -1.95. The molecule has 1 unspecified atom stereocenters. The van der Waals surface area contributed by atoms with Crippen LogP contribution in [0.1, 0.15) is 25.0 Å². The number of methoxy groups -OCH3 is 1. The third kappa shape index (κ3) is 4.37. The molecule has 2 aliphatic heterocycles. The van der Waals surface area contributed by atoms with Gasteiger partial charge < -0.3 is 4.74 Å². The Labute approximate surface area is 168 Å². The summed E-state index contributed by atoms with van der Waals surface area (Å²) < 4.78 is 5.29. The third-order valence-corrected chi connectivity index (χ3v) is 6.12. The number of benzene rings is 1. The van der Waals surface area contributed by atoms with E-state index in [1.807, 2.05) is 18.5 Å². The molecule has 2 aliphatic rings. The number of pyridine rings is 1. The van der Waals surface area contributed by atoms with Crippen LogP contribution >= 0.6 is 0 Å². The molecule has 2 aromatic rings. The molecule has 0 radical (unpaired) electrons. The van der Waals surface area contributed by atoms with Gasteiger partial charge in [-0.2, -0.15) is 0 Å². The maximum Gasteiger partial charge on any atom is 0.118 e. The van der Waals surface area contributed by atoms with Crippen molar-refractivity contribution in [1.29, 1.82) is 0 Å². The maximum atomic E-state index is 5.29. The molecule has 3 heterocycles. The van der Waals surface area contributed by atoms with Gasteiger partial charge >= 0.3 is 0 Å². The second kappa shape index (κ2) is 8.19. The summed E-state index contributed by atoms with van der Waals surface area (Å²) in [7, 11) is 1.72. The van der Waals surface area contributed by atoms with Gasteiger partial charge in [0.2, 0.25) is 0 Å². The summed E-state index contributed by atoms with van der Waals surface area (Å²) in [4.78, 5) is 12.2. The van der Waals surface area contributed by atoms with E-state index >= 15 is 0 Å². The van der Waals surface area contributed by atoms with E-state index in [0.29, 0.717) is 6.04 Å². The SMILES string of the molecule is COc1ccc(CN2CC3CN(Cc4cccnc4)CCN3C(C)(C)C2)cc1. The maximum absolute atomic E-state index is 5.29. The largest absolute Gasteiger partial charge is 0.497 e. The second-order valence-corrected chi connectivity index (χ2v) is 8.77. The normalized spacial score (nSPS) is 23.3. The van der Waals surface area contributed by atoms with Gasteiger partial charge in [0.25, 0.3) is 0 Å². The molecule has 0 bridgehead atoms. The zero-order valence-electron chi connectivity index (χ0n) is 17.3. The first-order valence-corrected chi connectivity index (χ1v) is 10.3. The number of hydrogen-bond acceptors (Lipinski definition) is 5. The van der Waals surface area contributed by atoms with Crippen molar-refractivity contribution < 1.29 is 4.74 Å². The van der Waals surface area contributed by atoms with Crippen molar-refractivity contribution in [2.75, 3.05) is 39.8 Å². The first-order valence-electron chi connectivity index (χ1n) is 10.3. The van der Waals surface area contributed by atoms with Crippen LogP contribution in [0.4, 0.5) is 0 Å². The molecule has 0 amide bonds. The van der Waals surface area contributed by atoms with Crippen LogP contribution in [-0.4, -0.2) is 71.1 Å². The van der Waals surface area contributed by atoms with E-state index in [9.17, 15) is 0 Å². The van der Waals surface area contributed by atoms with Gasteiger partial charge in [-0.05, 0) is 43.2 Å². The quantitative estimate of drug-likeness (QED) is 0.796. The Morgan fingerprint density at radius 3 is 2.46 bits per heavy atom. The van der Waals surface area contributed by atoms with Crippen molar-refractivity contribution in [2.45, 2.75) is 38.5 Å². The minimum atomic E-state index is 0.204. The van der Waals surface area contributed by atoms with Crippen molar-refractivity contribution >= 4 is 0 Å². The number of nitrogens with zero attached hydrogens (tertiary/aromatic N) is 4. The van der Waals surface area contributed by atoms with E-state index in [0.717, 1.165) is 51.6 Å². The summed E-state index contributed by atoms with van der Waals surface area (Å²) in [5, 5.41) is 0. The Balaban J connectivity index is 1.42. The fourth-order valence-electron chi connectivity index (χ4n) is 4.88. The van der Waals surface area contributed by atoms with Gasteiger partial charge in [0.15, 0.2) is 0 Å². The standard InChI is InChI=1S/C23H32N4O/c1-23(2)18-26(14-19-6-8-22(28-3)9-7-19)17-21-16-25(11-12-27(21)23)15-20-5-4-10-24-13-20/h4-10,13,21H,11-12,14-18H2,1-3H3. The Kier molecular flexibility index (Phi) is 5.67. The van der Waals surface area contributed by atoms with Crippen molar-refractivity contribution in [1.82, 2.24) is 19.7 Å². The van der Waals surface area contributed by atoms with Crippen molar-refractivity contribution in [2.24, 2.45) is 0 Å². The van der Waals surface area contributed by atoms with E-state index in [1.54, 1.807) is 7.11 Å². The zero-order valence-corrected chi connectivity index (χ0v) is 17.3. The molecule has 0 spiro atoms. The number of aromatic nitrogens is 1. The first-order chi connectivity index (χ1) is 13.5.